The van der Waals surface area contributed by atoms with Crippen LogP contribution in [0.2, 0.25) is 0 Å². The molecule has 6 heteroatoms. The lowest BCUT2D eigenvalue weighted by Crippen LogP contribution is -2.09. The van der Waals surface area contributed by atoms with E-state index in [0.717, 1.165) is 60.8 Å². The molecule has 0 aliphatic carbocycles. The van der Waals surface area contributed by atoms with Gasteiger partial charge in [-0.2, -0.15) is 18.4 Å². The van der Waals surface area contributed by atoms with Crippen molar-refractivity contribution in [1.82, 2.24) is 9.13 Å². The number of fused-ring (bicyclic) bond motifs is 6. The smallest absolute Gasteiger partial charge is 0.307 e. The summed E-state index contributed by atoms with van der Waals surface area (Å²) in [6.45, 7) is 4.08. The van der Waals surface area contributed by atoms with E-state index < -0.39 is 11.7 Å². The van der Waals surface area contributed by atoms with E-state index in [-0.39, 0.29) is 11.1 Å². The van der Waals surface area contributed by atoms with Crippen molar-refractivity contribution >= 4 is 43.6 Å². The third-order valence-electron chi connectivity index (χ3n) is 9.01. The summed E-state index contributed by atoms with van der Waals surface area (Å²) in [5, 5.41) is 15.0. The second kappa shape index (κ2) is 10.1. The van der Waals surface area contributed by atoms with Gasteiger partial charge in [-0.3, -0.25) is 0 Å². The molecule has 0 amide bonds. The van der Waals surface area contributed by atoms with Gasteiger partial charge in [0.2, 0.25) is 0 Å². The molecule has 0 saturated heterocycles. The molecule has 0 saturated carbocycles. The molecule has 8 aromatic rings. The van der Waals surface area contributed by atoms with Crippen LogP contribution in [0.15, 0.2) is 121 Å². The van der Waals surface area contributed by atoms with Crippen molar-refractivity contribution < 1.29 is 13.2 Å². The number of aromatic nitrogens is 2. The van der Waals surface area contributed by atoms with E-state index in [9.17, 15) is 18.4 Å². The van der Waals surface area contributed by atoms with Crippen LogP contribution in [-0.2, 0) is 6.18 Å². The van der Waals surface area contributed by atoms with Crippen molar-refractivity contribution in [3.05, 3.63) is 144 Å². The first-order valence-electron chi connectivity index (χ1n) is 15.0. The van der Waals surface area contributed by atoms with Gasteiger partial charge >= 0.3 is 6.18 Å². The van der Waals surface area contributed by atoms with Gasteiger partial charge in [-0.05, 0) is 66.4 Å². The van der Waals surface area contributed by atoms with Crippen LogP contribution in [0.1, 0.15) is 22.3 Å². The summed E-state index contributed by atoms with van der Waals surface area (Å²) in [7, 11) is 0. The highest BCUT2D eigenvalue weighted by Gasteiger charge is 2.34. The molecule has 0 spiro atoms. The van der Waals surface area contributed by atoms with Crippen LogP contribution in [0, 0.1) is 25.2 Å². The Labute approximate surface area is 263 Å². The minimum Gasteiger partial charge on any atom is -0.307 e. The van der Waals surface area contributed by atoms with E-state index in [4.69, 9.17) is 0 Å². The van der Waals surface area contributed by atoms with E-state index in [1.54, 1.807) is 12.1 Å². The molecule has 0 aliphatic heterocycles. The fourth-order valence-electron chi connectivity index (χ4n) is 7.11. The van der Waals surface area contributed by atoms with Crippen LogP contribution >= 0.6 is 0 Å². The molecule has 0 fully saturated rings. The monoisotopic (exact) mass is 605 g/mol. The van der Waals surface area contributed by atoms with E-state index in [1.807, 2.05) is 80.6 Å². The highest BCUT2D eigenvalue weighted by molar-refractivity contribution is 6.13. The van der Waals surface area contributed by atoms with Crippen molar-refractivity contribution in [3.8, 4) is 28.6 Å². The Morgan fingerprint density at radius 2 is 1.11 bits per heavy atom. The number of nitriles is 1. The zero-order chi connectivity index (χ0) is 31.7. The van der Waals surface area contributed by atoms with Gasteiger partial charge in [-0.15, -0.1) is 0 Å². The van der Waals surface area contributed by atoms with Crippen LogP contribution in [0.25, 0.3) is 66.1 Å². The summed E-state index contributed by atoms with van der Waals surface area (Å²) in [5.74, 6) is 0. The first kappa shape index (κ1) is 27.7. The van der Waals surface area contributed by atoms with Crippen molar-refractivity contribution in [2.24, 2.45) is 0 Å². The average Bonchev–Trinajstić information content (AvgIpc) is 3.58. The molecule has 46 heavy (non-hydrogen) atoms. The Morgan fingerprint density at radius 3 is 1.72 bits per heavy atom. The fraction of sp³-hybridized carbons (Fsp3) is 0.0750. The van der Waals surface area contributed by atoms with Gasteiger partial charge in [0.05, 0.1) is 44.6 Å². The van der Waals surface area contributed by atoms with Crippen molar-refractivity contribution in [2.75, 3.05) is 0 Å². The third kappa shape index (κ3) is 3.98. The number of aryl methyl sites for hydroxylation is 2. The number of para-hydroxylation sites is 4. The summed E-state index contributed by atoms with van der Waals surface area (Å²) in [5.41, 5.74) is 6.83. The number of rotatable bonds is 3. The van der Waals surface area contributed by atoms with Crippen LogP contribution in [0.5, 0.6) is 0 Å². The minimum atomic E-state index is -4.57. The second-order valence-corrected chi connectivity index (χ2v) is 11.7. The molecule has 0 atom stereocenters. The zero-order valence-corrected chi connectivity index (χ0v) is 25.0. The van der Waals surface area contributed by atoms with Crippen molar-refractivity contribution in [2.45, 2.75) is 20.0 Å². The molecule has 2 aromatic heterocycles. The summed E-state index contributed by atoms with van der Waals surface area (Å²) in [4.78, 5) is 0. The molecule has 3 nitrogen and oxygen atoms in total. The Hall–Kier alpha value is -5.80. The fourth-order valence-corrected chi connectivity index (χ4v) is 7.11. The Morgan fingerprint density at radius 1 is 0.587 bits per heavy atom. The number of benzene rings is 6. The van der Waals surface area contributed by atoms with Gasteiger partial charge in [0, 0.05) is 21.5 Å². The molecule has 0 bridgehead atoms. The molecule has 0 radical (unpaired) electrons. The number of nitrogens with zero attached hydrogens (tertiary/aromatic N) is 3. The molecule has 6 aromatic carbocycles. The van der Waals surface area contributed by atoms with Gasteiger partial charge in [0.15, 0.2) is 0 Å². The molecule has 8 rings (SSSR count). The quantitative estimate of drug-likeness (QED) is 0.197. The maximum atomic E-state index is 14.4. The largest absolute Gasteiger partial charge is 0.417 e. The first-order valence-corrected chi connectivity index (χ1v) is 15.0. The zero-order valence-electron chi connectivity index (χ0n) is 25.0. The Balaban J connectivity index is 1.62. The summed E-state index contributed by atoms with van der Waals surface area (Å²) in [6, 6.07) is 39.7. The van der Waals surface area contributed by atoms with E-state index in [0.29, 0.717) is 16.9 Å². The maximum Gasteiger partial charge on any atom is 0.417 e. The highest BCUT2D eigenvalue weighted by Crippen LogP contribution is 2.44. The van der Waals surface area contributed by atoms with Crippen LogP contribution in [0.3, 0.4) is 0 Å². The normalized spacial score (nSPS) is 12.0. The molecule has 222 valence electrons. The lowest BCUT2D eigenvalue weighted by molar-refractivity contribution is -0.137. The van der Waals surface area contributed by atoms with Gasteiger partial charge in [0.25, 0.3) is 0 Å². The molecule has 0 N–H and O–H groups in total. The summed E-state index contributed by atoms with van der Waals surface area (Å²) >= 11 is 0. The molecule has 2 heterocycles. The predicted octanol–water partition coefficient (Wildman–Crippen LogP) is 11.1. The summed E-state index contributed by atoms with van der Waals surface area (Å²) < 4.78 is 47.4. The van der Waals surface area contributed by atoms with Gasteiger partial charge in [0.1, 0.15) is 6.07 Å². The number of hydrogen-bond donors (Lipinski definition) is 0. The second-order valence-electron chi connectivity index (χ2n) is 11.7. The molecule has 0 unspecified atom stereocenters. The van der Waals surface area contributed by atoms with Gasteiger partial charge < -0.3 is 9.13 Å². The minimum absolute atomic E-state index is 0.0233. The lowest BCUT2D eigenvalue weighted by Gasteiger charge is -2.21. The SMILES string of the molecule is Cc1cccc2c3ccccc3n(-c3cc(-c4ccccc4C(F)(F)F)cc(C#N)c3-n3c4ccccc4c4cccc(C)c43)c12. The number of hydrogen-bond acceptors (Lipinski definition) is 1. The van der Waals surface area contributed by atoms with E-state index in [2.05, 4.69) is 39.5 Å². The maximum absolute atomic E-state index is 14.4. The van der Waals surface area contributed by atoms with Gasteiger partial charge in [-0.1, -0.05) is 91.0 Å². The standard InChI is InChI=1S/C40H26F3N3/c1-24-11-9-16-31-29-14-4-7-19-34(29)45(37(24)31)36-22-26(28-13-3-6-18-33(28)40(41,42)43)21-27(23-44)39(36)46-35-20-8-5-15-30(35)32-17-10-12-25(2)38(32)46/h3-22H,1-2H3. The Kier molecular flexibility index (Phi) is 6.10. The van der Waals surface area contributed by atoms with Crippen molar-refractivity contribution in [1.29, 1.82) is 5.26 Å². The molecular weight excluding hydrogens is 579 g/mol. The number of halogens is 3. The van der Waals surface area contributed by atoms with E-state index in [1.165, 1.54) is 12.1 Å². The van der Waals surface area contributed by atoms with Crippen LogP contribution < -0.4 is 0 Å². The lowest BCUT2D eigenvalue weighted by atomic mass is 9.95. The average molecular weight is 606 g/mol. The topological polar surface area (TPSA) is 33.6 Å². The predicted molar refractivity (Wildman–Crippen MR) is 180 cm³/mol. The first-order chi connectivity index (χ1) is 22.3. The molecule has 0 aliphatic rings. The van der Waals surface area contributed by atoms with Crippen molar-refractivity contribution in [3.63, 3.8) is 0 Å². The van der Waals surface area contributed by atoms with Gasteiger partial charge in [-0.25, -0.2) is 0 Å². The third-order valence-corrected chi connectivity index (χ3v) is 9.01. The van der Waals surface area contributed by atoms with Crippen LogP contribution in [0.4, 0.5) is 13.2 Å². The van der Waals surface area contributed by atoms with Crippen LogP contribution in [-0.4, -0.2) is 9.13 Å². The number of alkyl halides is 3. The summed E-state index contributed by atoms with van der Waals surface area (Å²) in [6.07, 6.45) is -4.57. The highest BCUT2D eigenvalue weighted by atomic mass is 19.4. The molecular formula is C40H26F3N3. The Bertz CT molecular complexity index is 2560. The van der Waals surface area contributed by atoms with E-state index >= 15 is 0 Å².